The maximum absolute atomic E-state index is 12.9. The number of hydrogen-bond donors (Lipinski definition) is 1. The minimum Gasteiger partial charge on any atom is -0.488 e. The van der Waals surface area contributed by atoms with Gasteiger partial charge in [-0.3, -0.25) is 14.6 Å². The Kier molecular flexibility index (Phi) is 7.42. The topological polar surface area (TPSA) is 86.9 Å². The highest BCUT2D eigenvalue weighted by molar-refractivity contribution is 6.76. The lowest BCUT2D eigenvalue weighted by Gasteiger charge is -2.17. The first-order chi connectivity index (χ1) is 13.3. The summed E-state index contributed by atoms with van der Waals surface area (Å²) >= 11 is 0. The van der Waals surface area contributed by atoms with Crippen LogP contribution in [0.2, 0.25) is 25.7 Å². The van der Waals surface area contributed by atoms with Crippen LogP contribution in [0.4, 0.5) is 0 Å². The van der Waals surface area contributed by atoms with Crippen LogP contribution in [-0.2, 0) is 4.74 Å². The third-order valence-electron chi connectivity index (χ3n) is 4.05. The molecular weight excluding hydrogens is 378 g/mol. The van der Waals surface area contributed by atoms with E-state index in [2.05, 4.69) is 24.6 Å². The van der Waals surface area contributed by atoms with Gasteiger partial charge < -0.3 is 18.9 Å². The molecular formula is C20H27NO6Si. The van der Waals surface area contributed by atoms with Gasteiger partial charge in [0.15, 0.2) is 6.79 Å². The largest absolute Gasteiger partial charge is 0.488 e. The van der Waals surface area contributed by atoms with Gasteiger partial charge >= 0.3 is 0 Å². The molecule has 2 rings (SSSR count). The van der Waals surface area contributed by atoms with Gasteiger partial charge in [-0.15, -0.1) is 0 Å². The van der Waals surface area contributed by atoms with Crippen LogP contribution >= 0.6 is 0 Å². The van der Waals surface area contributed by atoms with Crippen molar-refractivity contribution >= 4 is 13.9 Å². The molecule has 28 heavy (non-hydrogen) atoms. The molecule has 0 unspecified atom stereocenters. The van der Waals surface area contributed by atoms with Crippen LogP contribution < -0.4 is 19.6 Å². The molecule has 7 nitrogen and oxygen atoms in total. The highest BCUT2D eigenvalue weighted by atomic mass is 28.3. The van der Waals surface area contributed by atoms with E-state index in [-0.39, 0.29) is 29.9 Å². The number of hydrogen-bond acceptors (Lipinski definition) is 6. The average molecular weight is 406 g/mol. The summed E-state index contributed by atoms with van der Waals surface area (Å²) in [5.74, 6) is -0.493. The second kappa shape index (κ2) is 9.56. The fraction of sp³-hybridized carbons (Fsp3) is 0.400. The van der Waals surface area contributed by atoms with Crippen molar-refractivity contribution in [3.05, 3.63) is 51.7 Å². The maximum atomic E-state index is 12.9. The molecule has 0 radical (unpaired) electrons. The number of rotatable bonds is 10. The van der Waals surface area contributed by atoms with Gasteiger partial charge in [0.1, 0.15) is 5.56 Å². The standard InChI is InChI=1S/C20H27NO6Si/c1-24-18-17(23)15(16(22)14-9-7-6-8-10-14)19(21-20(18)25-2)27-13-26-11-12-28(3,4)5/h6-10H,11-13H2,1-5H3,(H,21,23). The highest BCUT2D eigenvalue weighted by Crippen LogP contribution is 2.27. The first kappa shape index (κ1) is 21.7. The Morgan fingerprint density at radius 2 is 1.71 bits per heavy atom. The monoisotopic (exact) mass is 405 g/mol. The summed E-state index contributed by atoms with van der Waals surface area (Å²) in [6.07, 6.45) is 0. The molecule has 2 aromatic rings. The number of carbonyl (C=O) groups excluding carboxylic acids is 1. The number of aromatic amines is 1. The summed E-state index contributed by atoms with van der Waals surface area (Å²) in [5, 5.41) is 0. The van der Waals surface area contributed by atoms with Crippen molar-refractivity contribution in [2.75, 3.05) is 27.6 Å². The van der Waals surface area contributed by atoms with Crippen LogP contribution in [0.3, 0.4) is 0 Å². The van der Waals surface area contributed by atoms with E-state index in [1.807, 2.05) is 0 Å². The number of ether oxygens (including phenoxy) is 4. The number of benzene rings is 1. The van der Waals surface area contributed by atoms with Crippen LogP contribution in [0.25, 0.3) is 0 Å². The van der Waals surface area contributed by atoms with Gasteiger partial charge in [-0.25, -0.2) is 0 Å². The van der Waals surface area contributed by atoms with Gasteiger partial charge in [0.05, 0.1) is 14.2 Å². The van der Waals surface area contributed by atoms with E-state index in [1.54, 1.807) is 30.3 Å². The molecule has 152 valence electrons. The van der Waals surface area contributed by atoms with Crippen LogP contribution in [-0.4, -0.2) is 46.5 Å². The molecule has 8 heteroatoms. The van der Waals surface area contributed by atoms with Gasteiger partial charge in [0.25, 0.3) is 0 Å². The first-order valence-corrected chi connectivity index (χ1v) is 12.7. The first-order valence-electron chi connectivity index (χ1n) is 8.97. The fourth-order valence-electron chi connectivity index (χ4n) is 2.46. The van der Waals surface area contributed by atoms with Crippen molar-refractivity contribution in [1.29, 1.82) is 0 Å². The van der Waals surface area contributed by atoms with Crippen molar-refractivity contribution < 1.29 is 23.7 Å². The minimum atomic E-state index is -1.22. The summed E-state index contributed by atoms with van der Waals surface area (Å²) in [6.45, 7) is 7.21. The van der Waals surface area contributed by atoms with Crippen molar-refractivity contribution in [3.8, 4) is 17.5 Å². The zero-order valence-corrected chi connectivity index (χ0v) is 18.0. The maximum Gasteiger partial charge on any atom is 0.242 e. The number of carbonyl (C=O) groups is 1. The quantitative estimate of drug-likeness (QED) is 0.282. The van der Waals surface area contributed by atoms with Gasteiger partial charge in [-0.2, -0.15) is 0 Å². The molecule has 0 bridgehead atoms. The van der Waals surface area contributed by atoms with Crippen molar-refractivity contribution in [2.24, 2.45) is 0 Å². The molecule has 0 aliphatic heterocycles. The summed E-state index contributed by atoms with van der Waals surface area (Å²) < 4.78 is 21.4. The summed E-state index contributed by atoms with van der Waals surface area (Å²) in [4.78, 5) is 28.6. The number of nitrogens with one attached hydrogen (secondary N) is 1. The lowest BCUT2D eigenvalue weighted by Crippen LogP contribution is -2.24. The minimum absolute atomic E-state index is 0.00972. The second-order valence-corrected chi connectivity index (χ2v) is 13.0. The molecule has 0 spiro atoms. The Morgan fingerprint density at radius 3 is 2.29 bits per heavy atom. The van der Waals surface area contributed by atoms with E-state index in [9.17, 15) is 9.59 Å². The molecule has 0 saturated carbocycles. The van der Waals surface area contributed by atoms with Gasteiger partial charge in [0.2, 0.25) is 28.7 Å². The van der Waals surface area contributed by atoms with E-state index in [0.29, 0.717) is 12.2 Å². The normalized spacial score (nSPS) is 11.2. The van der Waals surface area contributed by atoms with Crippen molar-refractivity contribution in [3.63, 3.8) is 0 Å². The van der Waals surface area contributed by atoms with E-state index < -0.39 is 19.3 Å². The summed E-state index contributed by atoms with van der Waals surface area (Å²) in [5.41, 5.74) is -0.397. The highest BCUT2D eigenvalue weighted by Gasteiger charge is 2.26. The van der Waals surface area contributed by atoms with E-state index in [4.69, 9.17) is 18.9 Å². The molecule has 0 atom stereocenters. The Bertz CT molecular complexity index is 857. The number of pyridine rings is 1. The van der Waals surface area contributed by atoms with E-state index in [1.165, 1.54) is 14.2 Å². The number of ketones is 1. The van der Waals surface area contributed by atoms with Crippen LogP contribution in [0, 0.1) is 0 Å². The summed E-state index contributed by atoms with van der Waals surface area (Å²) in [7, 11) is 1.50. The molecule has 1 aromatic heterocycles. The molecule has 0 amide bonds. The van der Waals surface area contributed by atoms with Crippen LogP contribution in [0.1, 0.15) is 15.9 Å². The SMILES string of the molecule is COc1[nH]c(OCOCC[Si](C)(C)C)c(C(=O)c2ccccc2)c(=O)c1OC. The predicted octanol–water partition coefficient (Wildman–Crippen LogP) is 3.31. The lowest BCUT2D eigenvalue weighted by molar-refractivity contribution is 0.0184. The molecule has 1 N–H and O–H groups in total. The van der Waals surface area contributed by atoms with E-state index in [0.717, 1.165) is 6.04 Å². The molecule has 0 aliphatic carbocycles. The second-order valence-electron chi connectivity index (χ2n) is 7.40. The van der Waals surface area contributed by atoms with Crippen molar-refractivity contribution in [2.45, 2.75) is 25.7 Å². The Labute approximate surface area is 165 Å². The van der Waals surface area contributed by atoms with E-state index >= 15 is 0 Å². The fourth-order valence-corrected chi connectivity index (χ4v) is 3.21. The molecule has 0 saturated heterocycles. The lowest BCUT2D eigenvalue weighted by atomic mass is 10.0. The smallest absolute Gasteiger partial charge is 0.242 e. The number of H-pyrrole nitrogens is 1. The van der Waals surface area contributed by atoms with Crippen LogP contribution in [0.15, 0.2) is 35.1 Å². The van der Waals surface area contributed by atoms with Crippen molar-refractivity contribution in [1.82, 2.24) is 4.98 Å². The Morgan fingerprint density at radius 1 is 1.04 bits per heavy atom. The number of methoxy groups -OCH3 is 2. The number of aromatic nitrogens is 1. The Hall–Kier alpha value is -2.58. The predicted molar refractivity (Wildman–Crippen MR) is 110 cm³/mol. The van der Waals surface area contributed by atoms with Crippen LogP contribution in [0.5, 0.6) is 17.5 Å². The Balaban J connectivity index is 2.33. The molecule has 1 heterocycles. The third kappa shape index (κ3) is 5.46. The molecule has 0 aliphatic rings. The van der Waals surface area contributed by atoms with Gasteiger partial charge in [-0.05, 0) is 6.04 Å². The molecule has 0 fully saturated rings. The zero-order valence-electron chi connectivity index (χ0n) is 17.0. The van der Waals surface area contributed by atoms with Gasteiger partial charge in [-0.1, -0.05) is 50.0 Å². The van der Waals surface area contributed by atoms with Gasteiger partial charge in [0, 0.05) is 20.2 Å². The average Bonchev–Trinajstić information content (AvgIpc) is 2.66. The molecule has 1 aromatic carbocycles. The summed E-state index contributed by atoms with van der Waals surface area (Å²) in [6, 6.07) is 9.48. The third-order valence-corrected chi connectivity index (χ3v) is 5.75. The zero-order chi connectivity index (χ0) is 20.7.